The first-order chi connectivity index (χ1) is 32.8. The standard InChI is InChI=1S/C49H81NO18/c1-3-5-7-9-10-11-12-13-14-15-16-17-18-19-20-21-22-23-25-27-37(55)50-32(33(54)26-24-8-6-4-2)31-63-47-43(61)40(58)45(35(29-52)65-47)68-49-44(62)41(59)46(36(30-53)66-49)67-48-42(60)39(57)38(56)34(28-51)64-48/h5,7,10-11,13-14,16-17,19-20,24,26,32-36,38-49,51-54,56-62H,3-4,6,8-9,12,15,18,21-23,25,27-31H2,1-2H3,(H,50,55)/b7-5-,11-10-,14-13-,17-16-,20-19-,26-24+. The number of carbonyl (C=O) groups is 1. The molecule has 3 heterocycles. The van der Waals surface area contributed by atoms with Gasteiger partial charge in [0.25, 0.3) is 0 Å². The van der Waals surface area contributed by atoms with Crippen LogP contribution >= 0.6 is 0 Å². The van der Waals surface area contributed by atoms with Crippen molar-refractivity contribution in [2.24, 2.45) is 0 Å². The van der Waals surface area contributed by atoms with E-state index in [0.29, 0.717) is 12.8 Å². The van der Waals surface area contributed by atoms with E-state index in [1.165, 1.54) is 0 Å². The van der Waals surface area contributed by atoms with Gasteiger partial charge >= 0.3 is 0 Å². The van der Waals surface area contributed by atoms with Crippen LogP contribution in [-0.2, 0) is 33.2 Å². The first-order valence-electron chi connectivity index (χ1n) is 24.2. The zero-order valence-electron chi connectivity index (χ0n) is 39.5. The van der Waals surface area contributed by atoms with Crippen LogP contribution in [0.3, 0.4) is 0 Å². The number of ether oxygens (including phenoxy) is 6. The lowest BCUT2D eigenvalue weighted by molar-refractivity contribution is -0.379. The Balaban J connectivity index is 1.49. The predicted octanol–water partition coefficient (Wildman–Crippen LogP) is 0.745. The van der Waals surface area contributed by atoms with Crippen LogP contribution in [0, 0.1) is 0 Å². The van der Waals surface area contributed by atoms with E-state index < -0.39 is 124 Å². The van der Waals surface area contributed by atoms with Crippen molar-refractivity contribution in [3.05, 3.63) is 72.9 Å². The number of hydrogen-bond donors (Lipinski definition) is 12. The number of carbonyl (C=O) groups excluding carboxylic acids is 1. The zero-order chi connectivity index (χ0) is 49.8. The summed E-state index contributed by atoms with van der Waals surface area (Å²) in [5.41, 5.74) is 0. The van der Waals surface area contributed by atoms with Crippen molar-refractivity contribution in [3.63, 3.8) is 0 Å². The van der Waals surface area contributed by atoms with Crippen molar-refractivity contribution in [2.45, 2.75) is 202 Å². The fraction of sp³-hybridized carbons (Fsp3) is 0.735. The van der Waals surface area contributed by atoms with Crippen molar-refractivity contribution in [3.8, 4) is 0 Å². The van der Waals surface area contributed by atoms with Gasteiger partial charge in [-0.2, -0.15) is 0 Å². The van der Waals surface area contributed by atoms with Crippen LogP contribution in [0.4, 0.5) is 0 Å². The molecule has 19 heteroatoms. The van der Waals surface area contributed by atoms with Crippen LogP contribution in [0.25, 0.3) is 0 Å². The highest BCUT2D eigenvalue weighted by atomic mass is 16.8. The highest BCUT2D eigenvalue weighted by Crippen LogP contribution is 2.33. The smallest absolute Gasteiger partial charge is 0.220 e. The third-order valence-corrected chi connectivity index (χ3v) is 11.8. The molecule has 17 unspecified atom stereocenters. The predicted molar refractivity (Wildman–Crippen MR) is 249 cm³/mol. The van der Waals surface area contributed by atoms with Gasteiger partial charge in [0.15, 0.2) is 18.9 Å². The molecule has 68 heavy (non-hydrogen) atoms. The molecule has 3 aliphatic heterocycles. The lowest BCUT2D eigenvalue weighted by Crippen LogP contribution is -2.66. The van der Waals surface area contributed by atoms with Gasteiger partial charge in [-0.05, 0) is 57.8 Å². The van der Waals surface area contributed by atoms with Gasteiger partial charge in [-0.1, -0.05) is 106 Å². The Bertz CT molecular complexity index is 1540. The maximum absolute atomic E-state index is 13.1. The van der Waals surface area contributed by atoms with Gasteiger partial charge < -0.3 is 89.9 Å². The number of unbranched alkanes of at least 4 members (excludes halogenated alkanes) is 5. The van der Waals surface area contributed by atoms with Gasteiger partial charge in [-0.25, -0.2) is 0 Å². The van der Waals surface area contributed by atoms with Gasteiger partial charge in [0.1, 0.15) is 73.2 Å². The minimum absolute atomic E-state index is 0.197. The average Bonchev–Trinajstić information content (AvgIpc) is 3.33. The van der Waals surface area contributed by atoms with Gasteiger partial charge in [0.05, 0.1) is 38.6 Å². The van der Waals surface area contributed by atoms with E-state index in [1.807, 2.05) is 6.92 Å². The van der Waals surface area contributed by atoms with Crippen LogP contribution in [0.15, 0.2) is 72.9 Å². The molecule has 3 saturated heterocycles. The molecule has 1 amide bonds. The Hall–Kier alpha value is -2.77. The molecule has 19 nitrogen and oxygen atoms in total. The fourth-order valence-corrected chi connectivity index (χ4v) is 7.67. The second-order valence-corrected chi connectivity index (χ2v) is 17.2. The average molecular weight is 972 g/mol. The van der Waals surface area contributed by atoms with Gasteiger partial charge in [-0.3, -0.25) is 4.79 Å². The van der Waals surface area contributed by atoms with Crippen LogP contribution in [0.5, 0.6) is 0 Å². The molecule has 0 aromatic carbocycles. The first-order valence-corrected chi connectivity index (χ1v) is 24.2. The summed E-state index contributed by atoms with van der Waals surface area (Å²) < 4.78 is 33.9. The van der Waals surface area contributed by atoms with E-state index in [1.54, 1.807) is 12.2 Å². The Labute approximate surface area is 400 Å². The number of nitrogens with one attached hydrogen (secondary N) is 1. The maximum atomic E-state index is 13.1. The van der Waals surface area contributed by atoms with Gasteiger partial charge in [0, 0.05) is 6.42 Å². The third kappa shape index (κ3) is 19.8. The van der Waals surface area contributed by atoms with Crippen LogP contribution in [0.2, 0.25) is 0 Å². The van der Waals surface area contributed by atoms with E-state index in [0.717, 1.165) is 64.2 Å². The quantitative estimate of drug-likeness (QED) is 0.0337. The van der Waals surface area contributed by atoms with Crippen molar-refractivity contribution in [1.82, 2.24) is 5.32 Å². The summed E-state index contributed by atoms with van der Waals surface area (Å²) in [4.78, 5) is 13.1. The Morgan fingerprint density at radius 3 is 1.54 bits per heavy atom. The topological polar surface area (TPSA) is 307 Å². The summed E-state index contributed by atoms with van der Waals surface area (Å²) in [6.45, 7) is 1.34. The van der Waals surface area contributed by atoms with Gasteiger partial charge in [-0.15, -0.1) is 0 Å². The Kier molecular flexibility index (Phi) is 29.5. The molecule has 3 rings (SSSR count). The fourth-order valence-electron chi connectivity index (χ4n) is 7.67. The second-order valence-electron chi connectivity index (χ2n) is 17.2. The zero-order valence-corrected chi connectivity index (χ0v) is 39.5. The third-order valence-electron chi connectivity index (χ3n) is 11.8. The summed E-state index contributed by atoms with van der Waals surface area (Å²) in [5, 5.41) is 119. The highest BCUT2D eigenvalue weighted by Gasteiger charge is 2.53. The summed E-state index contributed by atoms with van der Waals surface area (Å²) in [5.74, 6) is -0.323. The number of aliphatic hydroxyl groups excluding tert-OH is 11. The minimum atomic E-state index is -1.98. The Morgan fingerprint density at radius 2 is 1.01 bits per heavy atom. The summed E-state index contributed by atoms with van der Waals surface area (Å²) in [6.07, 6.45) is 8.61. The van der Waals surface area contributed by atoms with E-state index in [9.17, 15) is 61.0 Å². The van der Waals surface area contributed by atoms with E-state index in [4.69, 9.17) is 28.4 Å². The summed E-state index contributed by atoms with van der Waals surface area (Å²) in [6, 6.07) is -0.989. The highest BCUT2D eigenvalue weighted by molar-refractivity contribution is 5.76. The molecule has 0 aromatic rings. The molecule has 0 spiro atoms. The summed E-state index contributed by atoms with van der Waals surface area (Å²) in [7, 11) is 0. The summed E-state index contributed by atoms with van der Waals surface area (Å²) >= 11 is 0. The lowest BCUT2D eigenvalue weighted by atomic mass is 9.96. The van der Waals surface area contributed by atoms with E-state index in [2.05, 4.69) is 73.0 Å². The monoisotopic (exact) mass is 972 g/mol. The molecule has 0 radical (unpaired) electrons. The molecular formula is C49H81NO18. The molecule has 12 N–H and O–H groups in total. The molecule has 0 aromatic heterocycles. The molecule has 390 valence electrons. The molecular weight excluding hydrogens is 891 g/mol. The molecule has 17 atom stereocenters. The van der Waals surface area contributed by atoms with Crippen molar-refractivity contribution >= 4 is 5.91 Å². The molecule has 3 fully saturated rings. The van der Waals surface area contributed by atoms with Crippen LogP contribution in [0.1, 0.15) is 97.3 Å². The molecule has 0 aliphatic carbocycles. The normalized spacial score (nSPS) is 33.8. The minimum Gasteiger partial charge on any atom is -0.394 e. The van der Waals surface area contributed by atoms with Crippen molar-refractivity contribution < 1.29 is 89.4 Å². The number of rotatable bonds is 31. The number of hydrogen-bond acceptors (Lipinski definition) is 18. The number of amides is 1. The molecule has 3 aliphatic rings. The molecule has 0 bridgehead atoms. The van der Waals surface area contributed by atoms with Crippen molar-refractivity contribution in [1.29, 1.82) is 0 Å². The maximum Gasteiger partial charge on any atom is 0.220 e. The second kappa shape index (κ2) is 33.7. The van der Waals surface area contributed by atoms with Crippen LogP contribution in [-0.4, -0.2) is 193 Å². The molecule has 0 saturated carbocycles. The SMILES string of the molecule is CC/C=C\C/C=C\C/C=C\C/C=C\C/C=C\CCCCCC(=O)NC(COC1OC(CO)C(OC2OC(CO)C(OC3OC(CO)C(O)C(O)C3O)C(O)C2O)C(O)C1O)C(O)/C=C/CCCC. The van der Waals surface area contributed by atoms with E-state index in [-0.39, 0.29) is 18.9 Å². The van der Waals surface area contributed by atoms with Crippen LogP contribution < -0.4 is 5.32 Å². The largest absolute Gasteiger partial charge is 0.394 e. The number of aliphatic hydroxyl groups is 11. The lowest BCUT2D eigenvalue weighted by Gasteiger charge is -2.48. The van der Waals surface area contributed by atoms with Gasteiger partial charge in [0.2, 0.25) is 5.91 Å². The van der Waals surface area contributed by atoms with Crippen molar-refractivity contribution in [2.75, 3.05) is 26.4 Å². The number of allylic oxidation sites excluding steroid dienone is 11. The van der Waals surface area contributed by atoms with E-state index >= 15 is 0 Å². The first kappa shape index (κ1) is 59.5. The Morgan fingerprint density at radius 1 is 0.544 bits per heavy atom.